The van der Waals surface area contributed by atoms with Crippen LogP contribution in [0.15, 0.2) is 49.1 Å². The van der Waals surface area contributed by atoms with Crippen molar-refractivity contribution in [3.8, 4) is 0 Å². The second-order valence-corrected chi connectivity index (χ2v) is 22.5. The van der Waals surface area contributed by atoms with Crippen molar-refractivity contribution in [2.45, 2.75) is 196 Å². The SMILES string of the molecule is CC(C)N(C)[C@@H]1CC[C@H](N2CC[C@H](Nc3ncnc4ccc(C(F)(F)F)cc34)C2=O)[C@H](NC(=O)C2CCC(NC(=O)CCCOC3CCC(OCCNC(=O)[C@H]4CC(=O)N(C5CCC5)[C@@H]4c4cccnc4)CC3)CC2)C1. The van der Waals surface area contributed by atoms with Crippen LogP contribution in [-0.4, -0.2) is 147 Å². The zero-order valence-electron chi connectivity index (χ0n) is 44.3. The van der Waals surface area contributed by atoms with Crippen molar-refractivity contribution in [1.82, 2.24) is 45.6 Å². The Morgan fingerprint density at radius 2 is 1.62 bits per heavy atom. The fraction of sp³-hybridized carbons (Fsp3) is 0.679. The summed E-state index contributed by atoms with van der Waals surface area (Å²) in [5, 5.41) is 12.9. The van der Waals surface area contributed by atoms with Crippen molar-refractivity contribution in [3.05, 3.63) is 60.2 Å². The highest BCUT2D eigenvalue weighted by Gasteiger charge is 2.49. The van der Waals surface area contributed by atoms with Gasteiger partial charge in [-0.15, -0.1) is 0 Å². The summed E-state index contributed by atoms with van der Waals surface area (Å²) < 4.78 is 53.2. The Balaban J connectivity index is 0.664. The molecule has 6 atom stereocenters. The number of hydrogen-bond acceptors (Lipinski definition) is 12. The number of carbonyl (C=O) groups is 5. The van der Waals surface area contributed by atoms with E-state index in [4.69, 9.17) is 9.47 Å². The molecule has 4 N–H and O–H groups in total. The molecule has 0 bridgehead atoms. The zero-order valence-corrected chi connectivity index (χ0v) is 44.3. The molecule has 4 aliphatic carbocycles. The number of rotatable bonds is 20. The van der Waals surface area contributed by atoms with Crippen molar-refractivity contribution < 1.29 is 46.6 Å². The lowest BCUT2D eigenvalue weighted by molar-refractivity contribution is -0.137. The molecule has 4 saturated carbocycles. The third-order valence-electron chi connectivity index (χ3n) is 17.4. The summed E-state index contributed by atoms with van der Waals surface area (Å²) in [5.41, 5.74) is 0.416. The standard InChI is InChI=1S/C56H77F3N10O7/c1-34(2)67(3)40-16-22-48(68-26-23-46(55(68)74)65-52-43-29-37(56(57,58)59)13-21-45(43)62-33-63-52)47(30-40)66-53(72)35-11-14-38(15-12-35)64-49(70)10-6-27-75-41-17-19-42(20-18-41)76-28-25-61-54(73)44-31-50(71)69(39-8-4-9-39)51(44)36-7-5-24-60-32-36/h5,7,13,21,24,29,32-35,38-42,44,46-48,51H,4,6,8-12,14-20,22-23,25-28,30-31H2,1-3H3,(H,61,73)(H,64,70)(H,66,72)(H,62,63,65)/t35?,38?,40-,41?,42?,44+,46+,47-,48+,51-/m1/s1. The van der Waals surface area contributed by atoms with E-state index in [9.17, 15) is 37.1 Å². The van der Waals surface area contributed by atoms with E-state index >= 15 is 0 Å². The number of aromatic nitrogens is 3. The van der Waals surface area contributed by atoms with Crippen LogP contribution in [-0.2, 0) is 39.6 Å². The number of nitrogens with one attached hydrogen (secondary N) is 4. The number of ether oxygens (including phenoxy) is 2. The molecule has 414 valence electrons. The molecule has 6 aliphatic rings. The van der Waals surface area contributed by atoms with Crippen molar-refractivity contribution in [1.29, 1.82) is 0 Å². The van der Waals surface area contributed by atoms with Crippen LogP contribution >= 0.6 is 0 Å². The van der Waals surface area contributed by atoms with Crippen LogP contribution in [0.1, 0.15) is 147 Å². The van der Waals surface area contributed by atoms with Gasteiger partial charge in [0, 0.05) is 80.4 Å². The average molecular weight is 1060 g/mol. The van der Waals surface area contributed by atoms with Gasteiger partial charge in [-0.25, -0.2) is 9.97 Å². The predicted octanol–water partition coefficient (Wildman–Crippen LogP) is 6.86. The molecule has 9 rings (SSSR count). The molecule has 0 radical (unpaired) electrons. The maximum absolute atomic E-state index is 14.1. The number of carbonyl (C=O) groups excluding carboxylic acids is 5. The van der Waals surface area contributed by atoms with E-state index in [-0.39, 0.29) is 102 Å². The van der Waals surface area contributed by atoms with Gasteiger partial charge in [-0.05, 0) is 153 Å². The van der Waals surface area contributed by atoms with Gasteiger partial charge >= 0.3 is 6.18 Å². The maximum atomic E-state index is 14.1. The first-order valence-corrected chi connectivity index (χ1v) is 28.0. The normalized spacial score (nSPS) is 28.5. The maximum Gasteiger partial charge on any atom is 0.416 e. The van der Waals surface area contributed by atoms with Gasteiger partial charge < -0.3 is 45.4 Å². The Morgan fingerprint density at radius 3 is 2.30 bits per heavy atom. The average Bonchev–Trinajstić information content (AvgIpc) is 3.95. The van der Waals surface area contributed by atoms with Crippen molar-refractivity contribution in [2.75, 3.05) is 38.7 Å². The molecule has 0 spiro atoms. The van der Waals surface area contributed by atoms with Gasteiger partial charge in [-0.3, -0.25) is 29.0 Å². The van der Waals surface area contributed by atoms with Crippen LogP contribution in [0, 0.1) is 11.8 Å². The molecule has 17 nitrogen and oxygen atoms in total. The Morgan fingerprint density at radius 1 is 0.868 bits per heavy atom. The number of nitrogens with zero attached hydrogens (tertiary/aromatic N) is 6. The Bertz CT molecular complexity index is 2490. The fourth-order valence-electron chi connectivity index (χ4n) is 12.6. The van der Waals surface area contributed by atoms with Gasteiger partial charge in [0.1, 0.15) is 18.2 Å². The number of anilines is 1. The monoisotopic (exact) mass is 1060 g/mol. The number of pyridine rings is 1. The van der Waals surface area contributed by atoms with E-state index in [1.54, 1.807) is 12.4 Å². The third-order valence-corrected chi connectivity index (χ3v) is 17.4. The Hall–Kier alpha value is -5.47. The van der Waals surface area contributed by atoms with Gasteiger partial charge in [0.25, 0.3) is 0 Å². The number of halogens is 3. The minimum absolute atomic E-state index is 0.00994. The first kappa shape index (κ1) is 55.3. The Labute approximate surface area is 443 Å². The molecule has 2 aromatic heterocycles. The summed E-state index contributed by atoms with van der Waals surface area (Å²) in [5.74, 6) is -0.808. The molecule has 2 saturated heterocycles. The van der Waals surface area contributed by atoms with E-state index < -0.39 is 23.7 Å². The summed E-state index contributed by atoms with van der Waals surface area (Å²) in [7, 11) is 2.09. The summed E-state index contributed by atoms with van der Waals surface area (Å²) in [6.45, 7) is 5.99. The molecule has 2 aliphatic heterocycles. The molecule has 3 aromatic rings. The second-order valence-electron chi connectivity index (χ2n) is 22.5. The van der Waals surface area contributed by atoms with Gasteiger partial charge in [0.15, 0.2) is 0 Å². The minimum atomic E-state index is -4.55. The highest BCUT2D eigenvalue weighted by molar-refractivity contribution is 5.94. The van der Waals surface area contributed by atoms with Crippen molar-refractivity contribution in [2.24, 2.45) is 11.8 Å². The summed E-state index contributed by atoms with van der Waals surface area (Å²) in [4.78, 5) is 86.4. The smallest absolute Gasteiger partial charge is 0.378 e. The summed E-state index contributed by atoms with van der Waals surface area (Å²) in [6.07, 6.45) is 13.4. The third kappa shape index (κ3) is 13.3. The highest BCUT2D eigenvalue weighted by Crippen LogP contribution is 2.44. The van der Waals surface area contributed by atoms with Gasteiger partial charge in [-0.2, -0.15) is 13.2 Å². The van der Waals surface area contributed by atoms with Crippen LogP contribution in [0.5, 0.6) is 0 Å². The predicted molar refractivity (Wildman–Crippen MR) is 278 cm³/mol. The van der Waals surface area contributed by atoms with E-state index in [1.165, 1.54) is 12.4 Å². The second kappa shape index (κ2) is 24.9. The van der Waals surface area contributed by atoms with Crippen LogP contribution in [0.3, 0.4) is 0 Å². The number of hydrogen-bond donors (Lipinski definition) is 4. The molecule has 6 fully saturated rings. The molecule has 20 heteroatoms. The van der Waals surface area contributed by atoms with Gasteiger partial charge in [0.05, 0.1) is 53.9 Å². The molecule has 1 aromatic carbocycles. The van der Waals surface area contributed by atoms with Crippen LogP contribution in [0.4, 0.5) is 19.0 Å². The molecular formula is C56H77F3N10O7. The molecular weight excluding hydrogens is 982 g/mol. The number of amides is 5. The molecule has 76 heavy (non-hydrogen) atoms. The van der Waals surface area contributed by atoms with Crippen LogP contribution in [0.2, 0.25) is 0 Å². The lowest BCUT2D eigenvalue weighted by atomic mass is 9.82. The fourth-order valence-corrected chi connectivity index (χ4v) is 12.6. The lowest BCUT2D eigenvalue weighted by Crippen LogP contribution is -2.59. The van der Waals surface area contributed by atoms with Crippen molar-refractivity contribution in [3.63, 3.8) is 0 Å². The number of alkyl halides is 3. The van der Waals surface area contributed by atoms with Crippen LogP contribution < -0.4 is 21.3 Å². The van der Waals surface area contributed by atoms with Crippen LogP contribution in [0.25, 0.3) is 10.9 Å². The van der Waals surface area contributed by atoms with E-state index in [2.05, 4.69) is 62.0 Å². The van der Waals surface area contributed by atoms with Gasteiger partial charge in [-0.1, -0.05) is 6.07 Å². The first-order valence-electron chi connectivity index (χ1n) is 28.0. The number of benzene rings is 1. The topological polar surface area (TPSA) is 200 Å². The number of likely N-dealkylation sites (tertiary alicyclic amines) is 2. The molecule has 5 amide bonds. The minimum Gasteiger partial charge on any atom is -0.378 e. The summed E-state index contributed by atoms with van der Waals surface area (Å²) >= 11 is 0. The summed E-state index contributed by atoms with van der Waals surface area (Å²) in [6, 6.07) is 6.27. The Kier molecular flexibility index (Phi) is 18.1. The lowest BCUT2D eigenvalue weighted by Gasteiger charge is -2.45. The van der Waals surface area contributed by atoms with E-state index in [0.717, 1.165) is 69.1 Å². The highest BCUT2D eigenvalue weighted by atomic mass is 19.4. The number of fused-ring (bicyclic) bond motifs is 1. The van der Waals surface area contributed by atoms with E-state index in [1.807, 2.05) is 21.9 Å². The zero-order chi connectivity index (χ0) is 53.5. The quantitative estimate of drug-likeness (QED) is 0.0859. The van der Waals surface area contributed by atoms with E-state index in [0.29, 0.717) is 95.6 Å². The molecule has 0 unspecified atom stereocenters. The molecule has 4 heterocycles. The van der Waals surface area contributed by atoms with Gasteiger partial charge in [0.2, 0.25) is 29.5 Å². The first-order chi connectivity index (χ1) is 36.6. The van der Waals surface area contributed by atoms with Crippen molar-refractivity contribution >= 4 is 46.3 Å². The largest absolute Gasteiger partial charge is 0.416 e.